The molecule has 1 atom stereocenters. The number of piperazine rings is 1. The predicted molar refractivity (Wildman–Crippen MR) is 91.4 cm³/mol. The van der Waals surface area contributed by atoms with Crippen molar-refractivity contribution in [2.75, 3.05) is 26.2 Å². The molecule has 7 heteroatoms. The summed E-state index contributed by atoms with van der Waals surface area (Å²) >= 11 is 4.96. The lowest BCUT2D eigenvalue weighted by atomic mass is 10.0. The third-order valence-corrected chi connectivity index (χ3v) is 5.41. The molecule has 1 saturated heterocycles. The topological polar surface area (TPSA) is 58.4 Å². The summed E-state index contributed by atoms with van der Waals surface area (Å²) in [5.41, 5.74) is 1.09. The standard InChI is InChI=1S/C15H16BrN3O2S/c16-12-4-3-11(10-13(12)19(20)21)15(14-2-1-9-22-14)18-7-5-17-6-8-18/h1-4,9-10,15,17H,5-8H2/t15-/m0/s1. The van der Waals surface area contributed by atoms with Gasteiger partial charge < -0.3 is 5.32 Å². The second-order valence-electron chi connectivity index (χ2n) is 5.17. The molecular formula is C15H16BrN3O2S. The molecule has 0 spiro atoms. The number of halogens is 1. The number of thiophene rings is 1. The number of hydrogen-bond acceptors (Lipinski definition) is 5. The molecule has 2 aromatic rings. The smallest absolute Gasteiger partial charge is 0.283 e. The van der Waals surface area contributed by atoms with Crippen LogP contribution in [-0.2, 0) is 0 Å². The van der Waals surface area contributed by atoms with Crippen LogP contribution < -0.4 is 5.32 Å². The molecule has 0 saturated carbocycles. The molecule has 116 valence electrons. The lowest BCUT2D eigenvalue weighted by Crippen LogP contribution is -2.45. The van der Waals surface area contributed by atoms with E-state index in [1.54, 1.807) is 23.5 Å². The lowest BCUT2D eigenvalue weighted by Gasteiger charge is -2.34. The Balaban J connectivity index is 2.02. The van der Waals surface area contributed by atoms with E-state index in [2.05, 4.69) is 37.6 Å². The second-order valence-corrected chi connectivity index (χ2v) is 7.01. The summed E-state index contributed by atoms with van der Waals surface area (Å²) in [6.07, 6.45) is 0. The van der Waals surface area contributed by atoms with E-state index in [0.717, 1.165) is 31.7 Å². The molecule has 0 bridgehead atoms. The van der Waals surface area contributed by atoms with Crippen molar-refractivity contribution in [3.63, 3.8) is 0 Å². The van der Waals surface area contributed by atoms with Gasteiger partial charge in [0.2, 0.25) is 0 Å². The van der Waals surface area contributed by atoms with Crippen molar-refractivity contribution in [2.45, 2.75) is 6.04 Å². The average Bonchev–Trinajstić information content (AvgIpc) is 3.04. The van der Waals surface area contributed by atoms with Crippen molar-refractivity contribution in [2.24, 2.45) is 0 Å². The van der Waals surface area contributed by atoms with E-state index >= 15 is 0 Å². The minimum absolute atomic E-state index is 0.0777. The number of benzene rings is 1. The first-order valence-corrected chi connectivity index (χ1v) is 8.76. The number of hydrogen-bond donors (Lipinski definition) is 1. The Kier molecular flexibility index (Phi) is 4.87. The maximum absolute atomic E-state index is 11.2. The molecule has 5 nitrogen and oxygen atoms in total. The Morgan fingerprint density at radius 1 is 1.32 bits per heavy atom. The van der Waals surface area contributed by atoms with Gasteiger partial charge in [-0.25, -0.2) is 0 Å². The van der Waals surface area contributed by atoms with Gasteiger partial charge in [-0.15, -0.1) is 11.3 Å². The normalized spacial score (nSPS) is 17.3. The van der Waals surface area contributed by atoms with Crippen LogP contribution in [0.25, 0.3) is 0 Å². The van der Waals surface area contributed by atoms with Crippen LogP contribution in [0.15, 0.2) is 40.2 Å². The molecule has 1 aromatic heterocycles. The fraction of sp³-hybridized carbons (Fsp3) is 0.333. The fourth-order valence-corrected chi connectivity index (χ4v) is 4.06. The summed E-state index contributed by atoms with van der Waals surface area (Å²) in [6, 6.07) is 9.65. The number of nitro benzene ring substituents is 1. The number of nitro groups is 1. The van der Waals surface area contributed by atoms with E-state index in [4.69, 9.17) is 0 Å². The van der Waals surface area contributed by atoms with Gasteiger partial charge in [-0.2, -0.15) is 0 Å². The van der Waals surface area contributed by atoms with Crippen LogP contribution in [0.3, 0.4) is 0 Å². The van der Waals surface area contributed by atoms with Gasteiger partial charge in [-0.3, -0.25) is 15.0 Å². The quantitative estimate of drug-likeness (QED) is 0.651. The lowest BCUT2D eigenvalue weighted by molar-refractivity contribution is -0.385. The Morgan fingerprint density at radius 2 is 2.09 bits per heavy atom. The van der Waals surface area contributed by atoms with E-state index in [-0.39, 0.29) is 16.7 Å². The van der Waals surface area contributed by atoms with Gasteiger partial charge in [0.25, 0.3) is 5.69 Å². The molecule has 0 aliphatic carbocycles. The fourth-order valence-electron chi connectivity index (χ4n) is 2.78. The van der Waals surface area contributed by atoms with Crippen molar-refractivity contribution in [1.29, 1.82) is 0 Å². The first-order chi connectivity index (χ1) is 10.7. The summed E-state index contributed by atoms with van der Waals surface area (Å²) in [5, 5.41) is 16.6. The van der Waals surface area contributed by atoms with Gasteiger partial charge in [0.15, 0.2) is 0 Å². The third kappa shape index (κ3) is 3.22. The SMILES string of the molecule is O=[N+]([O-])c1cc([C@@H](c2cccs2)N2CCNCC2)ccc1Br. The molecule has 1 aromatic carbocycles. The van der Waals surface area contributed by atoms with Gasteiger partial charge in [0.05, 0.1) is 15.4 Å². The Hall–Kier alpha value is -1.28. The summed E-state index contributed by atoms with van der Waals surface area (Å²) in [4.78, 5) is 14.5. The number of nitrogens with one attached hydrogen (secondary N) is 1. The molecule has 2 heterocycles. The first-order valence-electron chi connectivity index (χ1n) is 7.09. The molecule has 1 fully saturated rings. The largest absolute Gasteiger partial charge is 0.314 e. The zero-order valence-electron chi connectivity index (χ0n) is 11.9. The highest BCUT2D eigenvalue weighted by Gasteiger charge is 2.26. The number of nitrogens with zero attached hydrogens (tertiary/aromatic N) is 2. The van der Waals surface area contributed by atoms with Crippen LogP contribution in [-0.4, -0.2) is 36.0 Å². The average molecular weight is 382 g/mol. The third-order valence-electron chi connectivity index (χ3n) is 3.81. The van der Waals surface area contributed by atoms with Crippen LogP contribution >= 0.6 is 27.3 Å². The Bertz CT molecular complexity index is 657. The predicted octanol–water partition coefficient (Wildman–Crippen LogP) is 3.41. The molecule has 1 aliphatic rings. The van der Waals surface area contributed by atoms with Gasteiger partial charge in [-0.1, -0.05) is 12.1 Å². The molecule has 1 N–H and O–H groups in total. The van der Waals surface area contributed by atoms with E-state index in [1.165, 1.54) is 4.88 Å². The molecule has 0 amide bonds. The van der Waals surface area contributed by atoms with E-state index in [0.29, 0.717) is 4.47 Å². The number of rotatable bonds is 4. The Morgan fingerprint density at radius 3 is 2.73 bits per heavy atom. The molecule has 1 aliphatic heterocycles. The molecule has 0 unspecified atom stereocenters. The summed E-state index contributed by atoms with van der Waals surface area (Å²) < 4.78 is 0.520. The minimum atomic E-state index is -0.336. The van der Waals surface area contributed by atoms with E-state index < -0.39 is 0 Å². The highest BCUT2D eigenvalue weighted by molar-refractivity contribution is 9.10. The second kappa shape index (κ2) is 6.87. The maximum atomic E-state index is 11.2. The van der Waals surface area contributed by atoms with Gasteiger partial charge >= 0.3 is 0 Å². The van der Waals surface area contributed by atoms with Gasteiger partial charge in [-0.05, 0) is 39.0 Å². The van der Waals surface area contributed by atoms with Gasteiger partial charge in [0.1, 0.15) is 0 Å². The zero-order chi connectivity index (χ0) is 15.5. The minimum Gasteiger partial charge on any atom is -0.314 e. The summed E-state index contributed by atoms with van der Waals surface area (Å²) in [6.45, 7) is 3.76. The van der Waals surface area contributed by atoms with Gasteiger partial charge in [0, 0.05) is 37.1 Å². The molecule has 22 heavy (non-hydrogen) atoms. The van der Waals surface area contributed by atoms with Crippen molar-refractivity contribution >= 4 is 33.0 Å². The molecule has 3 rings (SSSR count). The van der Waals surface area contributed by atoms with E-state index in [1.807, 2.05) is 12.1 Å². The monoisotopic (exact) mass is 381 g/mol. The van der Waals surface area contributed by atoms with Crippen LogP contribution in [0.4, 0.5) is 5.69 Å². The van der Waals surface area contributed by atoms with Crippen LogP contribution in [0.2, 0.25) is 0 Å². The highest BCUT2D eigenvalue weighted by Crippen LogP contribution is 2.35. The van der Waals surface area contributed by atoms with Crippen LogP contribution in [0.1, 0.15) is 16.5 Å². The van der Waals surface area contributed by atoms with Crippen molar-refractivity contribution in [1.82, 2.24) is 10.2 Å². The maximum Gasteiger partial charge on any atom is 0.283 e. The van der Waals surface area contributed by atoms with Crippen LogP contribution in [0.5, 0.6) is 0 Å². The van der Waals surface area contributed by atoms with Crippen molar-refractivity contribution in [3.8, 4) is 0 Å². The van der Waals surface area contributed by atoms with Crippen LogP contribution in [0, 0.1) is 10.1 Å². The van der Waals surface area contributed by atoms with Crippen molar-refractivity contribution < 1.29 is 4.92 Å². The molecular weight excluding hydrogens is 366 g/mol. The highest BCUT2D eigenvalue weighted by atomic mass is 79.9. The Labute approximate surface area is 141 Å². The van der Waals surface area contributed by atoms with E-state index in [9.17, 15) is 10.1 Å². The summed E-state index contributed by atoms with van der Waals surface area (Å²) in [5.74, 6) is 0. The van der Waals surface area contributed by atoms with Crippen molar-refractivity contribution in [3.05, 3.63) is 60.7 Å². The zero-order valence-corrected chi connectivity index (χ0v) is 14.3. The first kappa shape index (κ1) is 15.6. The molecule has 0 radical (unpaired) electrons. The summed E-state index contributed by atoms with van der Waals surface area (Å²) in [7, 11) is 0.